The second-order valence-corrected chi connectivity index (χ2v) is 5.03. The third-order valence-electron chi connectivity index (χ3n) is 2.61. The topological polar surface area (TPSA) is 61.0 Å². The first-order valence-corrected chi connectivity index (χ1v) is 6.23. The molecule has 1 heterocycles. The Hall–Kier alpha value is -0.430. The zero-order valence-corrected chi connectivity index (χ0v) is 10.6. The van der Waals surface area contributed by atoms with Gasteiger partial charge in [0.25, 0.3) is 0 Å². The molecule has 0 amide bonds. The molecule has 2 unspecified atom stereocenters. The van der Waals surface area contributed by atoms with E-state index in [0.717, 1.165) is 16.4 Å². The van der Waals surface area contributed by atoms with Crippen molar-refractivity contribution in [2.75, 3.05) is 0 Å². The number of hydrogen-bond donors (Lipinski definition) is 1. The van der Waals surface area contributed by atoms with Crippen molar-refractivity contribution in [3.8, 4) is 6.01 Å². The van der Waals surface area contributed by atoms with E-state index in [4.69, 9.17) is 10.5 Å². The van der Waals surface area contributed by atoms with Crippen LogP contribution in [0.3, 0.4) is 0 Å². The van der Waals surface area contributed by atoms with E-state index >= 15 is 0 Å². The van der Waals surface area contributed by atoms with Gasteiger partial charge in [-0.1, -0.05) is 6.42 Å². The van der Waals surface area contributed by atoms with Crippen LogP contribution in [0.2, 0.25) is 0 Å². The lowest BCUT2D eigenvalue weighted by Crippen LogP contribution is -2.41. The van der Waals surface area contributed by atoms with Crippen LogP contribution in [0.5, 0.6) is 6.01 Å². The summed E-state index contributed by atoms with van der Waals surface area (Å²) < 4.78 is 6.68. The molecule has 1 aliphatic rings. The number of hydrogen-bond acceptors (Lipinski definition) is 4. The van der Waals surface area contributed by atoms with Gasteiger partial charge in [0.1, 0.15) is 6.10 Å². The van der Waals surface area contributed by atoms with Crippen molar-refractivity contribution in [1.82, 2.24) is 9.97 Å². The minimum Gasteiger partial charge on any atom is -0.458 e. The molecular weight excluding hydrogens is 305 g/mol. The average molecular weight is 319 g/mol. The molecule has 2 N–H and O–H groups in total. The van der Waals surface area contributed by atoms with Crippen molar-refractivity contribution < 1.29 is 4.74 Å². The van der Waals surface area contributed by atoms with Crippen LogP contribution < -0.4 is 10.5 Å². The minimum atomic E-state index is 0.0822. The first kappa shape index (κ1) is 11.1. The smallest absolute Gasteiger partial charge is 0.316 e. The summed E-state index contributed by atoms with van der Waals surface area (Å²) >= 11 is 2.17. The van der Waals surface area contributed by atoms with E-state index in [1.54, 1.807) is 12.4 Å². The Morgan fingerprint density at radius 1 is 1.27 bits per heavy atom. The van der Waals surface area contributed by atoms with Crippen LogP contribution in [0.4, 0.5) is 0 Å². The Morgan fingerprint density at radius 2 is 1.93 bits per heavy atom. The van der Waals surface area contributed by atoms with Gasteiger partial charge in [-0.05, 0) is 41.9 Å². The number of halogens is 1. The summed E-state index contributed by atoms with van der Waals surface area (Å²) in [7, 11) is 0. The summed E-state index contributed by atoms with van der Waals surface area (Å²) in [6.07, 6.45) is 8.01. The summed E-state index contributed by atoms with van der Waals surface area (Å²) in [5.74, 6) is 0. The Labute approximate surface area is 103 Å². The van der Waals surface area contributed by atoms with Gasteiger partial charge in [0.2, 0.25) is 0 Å². The summed E-state index contributed by atoms with van der Waals surface area (Å²) in [6, 6.07) is 0.569. The molecule has 2 rings (SSSR count). The number of aromatic nitrogens is 2. The molecule has 1 aliphatic carbocycles. The molecular formula is C10H14IN3O. The normalized spacial score (nSPS) is 26.3. The van der Waals surface area contributed by atoms with E-state index in [1.165, 1.54) is 12.8 Å². The van der Waals surface area contributed by atoms with Crippen LogP contribution in [-0.2, 0) is 0 Å². The van der Waals surface area contributed by atoms with Crippen molar-refractivity contribution in [3.63, 3.8) is 0 Å². The zero-order valence-electron chi connectivity index (χ0n) is 8.40. The van der Waals surface area contributed by atoms with E-state index < -0.39 is 0 Å². The highest BCUT2D eigenvalue weighted by molar-refractivity contribution is 14.1. The lowest BCUT2D eigenvalue weighted by atomic mass is 9.93. The Balaban J connectivity index is 1.98. The molecule has 0 aliphatic heterocycles. The van der Waals surface area contributed by atoms with Crippen molar-refractivity contribution in [1.29, 1.82) is 0 Å². The van der Waals surface area contributed by atoms with E-state index in [-0.39, 0.29) is 12.1 Å². The van der Waals surface area contributed by atoms with Gasteiger partial charge in [-0.25, -0.2) is 9.97 Å². The zero-order chi connectivity index (χ0) is 10.7. The molecule has 15 heavy (non-hydrogen) atoms. The highest BCUT2D eigenvalue weighted by atomic mass is 127. The van der Waals surface area contributed by atoms with Crippen molar-refractivity contribution in [2.45, 2.75) is 37.8 Å². The number of nitrogens with two attached hydrogens (primary N) is 1. The lowest BCUT2D eigenvalue weighted by molar-refractivity contribution is 0.120. The number of ether oxygens (including phenoxy) is 1. The van der Waals surface area contributed by atoms with Crippen molar-refractivity contribution in [3.05, 3.63) is 16.0 Å². The Bertz CT molecular complexity index is 317. The van der Waals surface area contributed by atoms with Gasteiger partial charge in [0.05, 0.1) is 0 Å². The van der Waals surface area contributed by atoms with Crippen LogP contribution in [0, 0.1) is 3.57 Å². The molecule has 0 radical (unpaired) electrons. The molecule has 1 aromatic heterocycles. The van der Waals surface area contributed by atoms with E-state index in [1.807, 2.05) is 0 Å². The predicted molar refractivity (Wildman–Crippen MR) is 65.6 cm³/mol. The van der Waals surface area contributed by atoms with Crippen LogP contribution in [0.15, 0.2) is 12.4 Å². The number of nitrogens with zero attached hydrogens (tertiary/aromatic N) is 2. The summed E-state index contributed by atoms with van der Waals surface area (Å²) in [5.41, 5.74) is 5.97. The molecule has 1 fully saturated rings. The van der Waals surface area contributed by atoms with E-state index in [9.17, 15) is 0 Å². The maximum Gasteiger partial charge on any atom is 0.316 e. The monoisotopic (exact) mass is 319 g/mol. The summed E-state index contributed by atoms with van der Waals surface area (Å²) in [6.45, 7) is 0. The molecule has 5 heteroatoms. The summed E-state index contributed by atoms with van der Waals surface area (Å²) in [4.78, 5) is 8.22. The van der Waals surface area contributed by atoms with Gasteiger partial charge in [-0.3, -0.25) is 0 Å². The van der Waals surface area contributed by atoms with Gasteiger partial charge in [0, 0.05) is 22.0 Å². The van der Waals surface area contributed by atoms with Gasteiger partial charge < -0.3 is 10.5 Å². The molecule has 0 spiro atoms. The van der Waals surface area contributed by atoms with Crippen LogP contribution in [0.25, 0.3) is 0 Å². The molecule has 4 nitrogen and oxygen atoms in total. The van der Waals surface area contributed by atoms with Crippen LogP contribution in [0.1, 0.15) is 25.7 Å². The van der Waals surface area contributed by atoms with Gasteiger partial charge in [0.15, 0.2) is 0 Å². The highest BCUT2D eigenvalue weighted by Crippen LogP contribution is 2.20. The maximum absolute atomic E-state index is 5.97. The molecule has 0 aromatic carbocycles. The second kappa shape index (κ2) is 5.07. The van der Waals surface area contributed by atoms with Crippen LogP contribution in [-0.4, -0.2) is 22.1 Å². The predicted octanol–water partition coefficient (Wildman–Crippen LogP) is 1.73. The van der Waals surface area contributed by atoms with Gasteiger partial charge in [-0.2, -0.15) is 0 Å². The third-order valence-corrected chi connectivity index (χ3v) is 3.16. The fraction of sp³-hybridized carbons (Fsp3) is 0.600. The quantitative estimate of drug-likeness (QED) is 0.844. The molecule has 1 saturated carbocycles. The fourth-order valence-electron chi connectivity index (χ4n) is 1.77. The van der Waals surface area contributed by atoms with Gasteiger partial charge in [-0.15, -0.1) is 0 Å². The van der Waals surface area contributed by atoms with Crippen LogP contribution >= 0.6 is 22.6 Å². The maximum atomic E-state index is 5.97. The fourth-order valence-corrected chi connectivity index (χ4v) is 2.05. The molecule has 0 bridgehead atoms. The average Bonchev–Trinajstić information content (AvgIpc) is 2.25. The molecule has 2 atom stereocenters. The number of rotatable bonds is 2. The third kappa shape index (κ3) is 3.01. The second-order valence-electron chi connectivity index (χ2n) is 3.79. The van der Waals surface area contributed by atoms with Crippen molar-refractivity contribution in [2.24, 2.45) is 5.73 Å². The van der Waals surface area contributed by atoms with E-state index in [2.05, 4.69) is 32.6 Å². The summed E-state index contributed by atoms with van der Waals surface area (Å²) in [5, 5.41) is 0. The first-order chi connectivity index (χ1) is 7.25. The largest absolute Gasteiger partial charge is 0.458 e. The highest BCUT2D eigenvalue weighted by Gasteiger charge is 2.23. The Kier molecular flexibility index (Phi) is 3.74. The molecule has 82 valence electrons. The minimum absolute atomic E-state index is 0.0822. The van der Waals surface area contributed by atoms with E-state index in [0.29, 0.717) is 6.01 Å². The molecule has 1 aromatic rings. The lowest BCUT2D eigenvalue weighted by Gasteiger charge is -2.27. The molecule has 0 saturated heterocycles. The SMILES string of the molecule is NC1CCCCC1Oc1ncc(I)cn1. The Morgan fingerprint density at radius 3 is 2.60 bits per heavy atom. The first-order valence-electron chi connectivity index (χ1n) is 5.15. The standard InChI is InChI=1S/C10H14IN3O/c11-7-5-13-10(14-6-7)15-9-4-2-1-3-8(9)12/h5-6,8-9H,1-4,12H2. The van der Waals surface area contributed by atoms with Gasteiger partial charge >= 0.3 is 6.01 Å². The van der Waals surface area contributed by atoms with Crippen molar-refractivity contribution >= 4 is 22.6 Å².